The summed E-state index contributed by atoms with van der Waals surface area (Å²) in [4.78, 5) is 0. The molecule has 0 fully saturated rings. The van der Waals surface area contributed by atoms with Gasteiger partial charge in [-0.25, -0.2) is 0 Å². The Hall–Kier alpha value is -0.0500. The summed E-state index contributed by atoms with van der Waals surface area (Å²) in [5, 5.41) is 10.4. The molecule has 1 nitrogen and oxygen atoms in total. The Balaban J connectivity index is 3.01. The van der Waals surface area contributed by atoms with Gasteiger partial charge in [0.2, 0.25) is 0 Å². The van der Waals surface area contributed by atoms with E-state index in [-0.39, 0.29) is 5.92 Å². The van der Waals surface area contributed by atoms with Gasteiger partial charge in [0.15, 0.2) is 0 Å². The lowest BCUT2D eigenvalue weighted by Crippen LogP contribution is -2.05. The first-order chi connectivity index (χ1) is 6.02. The van der Waals surface area contributed by atoms with Crippen molar-refractivity contribution in [1.82, 2.24) is 0 Å². The average molecular weight is 264 g/mol. The minimum atomic E-state index is -0.486. The molecule has 1 rings (SSSR count). The molecule has 0 aliphatic carbocycles. The minimum absolute atomic E-state index is 0.179. The maximum atomic E-state index is 9.77. The first-order valence-electron chi connectivity index (χ1n) is 4.15. The topological polar surface area (TPSA) is 20.2 Å². The Labute approximate surface area is 91.9 Å². The van der Waals surface area contributed by atoms with Crippen molar-refractivity contribution in [3.8, 4) is 0 Å². The van der Waals surface area contributed by atoms with Crippen molar-refractivity contribution in [1.29, 1.82) is 0 Å². The predicted molar refractivity (Wildman–Crippen MR) is 58.9 cm³/mol. The van der Waals surface area contributed by atoms with Gasteiger partial charge in [0.1, 0.15) is 0 Å². The minimum Gasteiger partial charge on any atom is -0.388 e. The maximum absolute atomic E-state index is 9.77. The molecule has 13 heavy (non-hydrogen) atoms. The van der Waals surface area contributed by atoms with Crippen LogP contribution in [0.5, 0.6) is 0 Å². The van der Waals surface area contributed by atoms with Gasteiger partial charge >= 0.3 is 0 Å². The Morgan fingerprint density at radius 1 is 1.38 bits per heavy atom. The quantitative estimate of drug-likeness (QED) is 0.861. The lowest BCUT2D eigenvalue weighted by atomic mass is 9.99. The summed E-state index contributed by atoms with van der Waals surface area (Å²) in [6, 6.07) is 5.52. The molecule has 0 heterocycles. The molecule has 1 unspecified atom stereocenters. The van der Waals surface area contributed by atoms with Crippen molar-refractivity contribution in [2.75, 3.05) is 0 Å². The van der Waals surface area contributed by atoms with Crippen LogP contribution in [0.25, 0.3) is 0 Å². The zero-order valence-electron chi connectivity index (χ0n) is 7.59. The van der Waals surface area contributed by atoms with Gasteiger partial charge in [0.05, 0.1) is 6.10 Å². The highest BCUT2D eigenvalue weighted by Gasteiger charge is 2.14. The molecular weight excluding hydrogens is 251 g/mol. The molecule has 1 aromatic carbocycles. The van der Waals surface area contributed by atoms with Crippen LogP contribution < -0.4 is 0 Å². The lowest BCUT2D eigenvalue weighted by molar-refractivity contribution is 0.127. The Morgan fingerprint density at radius 3 is 2.46 bits per heavy atom. The van der Waals surface area contributed by atoms with Gasteiger partial charge in [-0.2, -0.15) is 0 Å². The second kappa shape index (κ2) is 4.45. The van der Waals surface area contributed by atoms with Crippen molar-refractivity contribution in [3.05, 3.63) is 33.3 Å². The van der Waals surface area contributed by atoms with Crippen molar-refractivity contribution in [2.24, 2.45) is 5.92 Å². The zero-order chi connectivity index (χ0) is 10.0. The van der Waals surface area contributed by atoms with Crippen LogP contribution in [0.4, 0.5) is 0 Å². The molecule has 0 saturated heterocycles. The van der Waals surface area contributed by atoms with E-state index in [1.807, 2.05) is 26.0 Å². The third-order valence-corrected chi connectivity index (χ3v) is 2.73. The highest BCUT2D eigenvalue weighted by atomic mass is 79.9. The third kappa shape index (κ3) is 2.70. The summed E-state index contributed by atoms with van der Waals surface area (Å²) in [5.74, 6) is 0.179. The molecule has 1 aromatic rings. The first-order valence-corrected chi connectivity index (χ1v) is 5.32. The van der Waals surface area contributed by atoms with Gasteiger partial charge < -0.3 is 5.11 Å². The standard InChI is InChI=1S/C10H12BrClO/c1-6(2)10(13)8-4-3-7(11)5-9(8)12/h3-6,10,13H,1-2H3. The largest absolute Gasteiger partial charge is 0.388 e. The Bertz CT molecular complexity index is 299. The summed E-state index contributed by atoms with van der Waals surface area (Å²) >= 11 is 9.29. The number of aliphatic hydroxyl groups is 1. The fourth-order valence-corrected chi connectivity index (χ4v) is 1.89. The van der Waals surface area contributed by atoms with Crippen LogP contribution in [0.15, 0.2) is 22.7 Å². The van der Waals surface area contributed by atoms with E-state index >= 15 is 0 Å². The summed E-state index contributed by atoms with van der Waals surface area (Å²) in [5.41, 5.74) is 0.792. The Morgan fingerprint density at radius 2 is 2.00 bits per heavy atom. The fourth-order valence-electron chi connectivity index (χ4n) is 1.10. The number of aliphatic hydroxyl groups excluding tert-OH is 1. The Kier molecular flexibility index (Phi) is 3.77. The lowest BCUT2D eigenvalue weighted by Gasteiger charge is -2.16. The third-order valence-electron chi connectivity index (χ3n) is 1.91. The van der Waals surface area contributed by atoms with E-state index < -0.39 is 6.10 Å². The van der Waals surface area contributed by atoms with Crippen LogP contribution in [-0.2, 0) is 0 Å². The molecule has 3 heteroatoms. The first kappa shape index (κ1) is 11.0. The van der Waals surface area contributed by atoms with E-state index in [1.54, 1.807) is 6.07 Å². The fraction of sp³-hybridized carbons (Fsp3) is 0.400. The van der Waals surface area contributed by atoms with Crippen LogP contribution in [0.3, 0.4) is 0 Å². The molecule has 0 saturated carbocycles. The molecule has 0 aliphatic rings. The highest BCUT2D eigenvalue weighted by molar-refractivity contribution is 9.10. The molecule has 0 radical (unpaired) electrons. The van der Waals surface area contributed by atoms with E-state index in [1.165, 1.54) is 0 Å². The molecule has 72 valence electrons. The van der Waals surface area contributed by atoms with Crippen LogP contribution in [-0.4, -0.2) is 5.11 Å². The van der Waals surface area contributed by atoms with Crippen molar-refractivity contribution in [2.45, 2.75) is 20.0 Å². The zero-order valence-corrected chi connectivity index (χ0v) is 9.93. The molecule has 0 bridgehead atoms. The van der Waals surface area contributed by atoms with Crippen LogP contribution in [0.1, 0.15) is 25.5 Å². The molecule has 0 aromatic heterocycles. The SMILES string of the molecule is CC(C)C(O)c1ccc(Br)cc1Cl. The number of halogens is 2. The number of hydrogen-bond acceptors (Lipinski definition) is 1. The molecule has 1 N–H and O–H groups in total. The van der Waals surface area contributed by atoms with Gasteiger partial charge in [-0.1, -0.05) is 47.4 Å². The number of hydrogen-bond donors (Lipinski definition) is 1. The summed E-state index contributed by atoms with van der Waals surface area (Å²) in [6.45, 7) is 3.92. The maximum Gasteiger partial charge on any atom is 0.0827 e. The van der Waals surface area contributed by atoms with Crippen molar-refractivity contribution in [3.63, 3.8) is 0 Å². The van der Waals surface area contributed by atoms with Gasteiger partial charge in [0.25, 0.3) is 0 Å². The summed E-state index contributed by atoms with van der Waals surface area (Å²) < 4.78 is 0.928. The second-order valence-corrected chi connectivity index (χ2v) is 4.68. The van der Waals surface area contributed by atoms with Crippen LogP contribution in [0.2, 0.25) is 5.02 Å². The van der Waals surface area contributed by atoms with E-state index in [9.17, 15) is 5.11 Å². The van der Waals surface area contributed by atoms with Gasteiger partial charge in [-0.15, -0.1) is 0 Å². The normalized spacial score (nSPS) is 13.4. The smallest absolute Gasteiger partial charge is 0.0827 e. The second-order valence-electron chi connectivity index (χ2n) is 3.35. The summed E-state index contributed by atoms with van der Waals surface area (Å²) in [6.07, 6.45) is -0.486. The van der Waals surface area contributed by atoms with Gasteiger partial charge in [0, 0.05) is 9.50 Å². The van der Waals surface area contributed by atoms with Crippen LogP contribution in [0, 0.1) is 5.92 Å². The molecule has 0 amide bonds. The van der Waals surface area contributed by atoms with Crippen molar-refractivity contribution < 1.29 is 5.11 Å². The average Bonchev–Trinajstić information content (AvgIpc) is 2.03. The number of rotatable bonds is 2. The van der Waals surface area contributed by atoms with E-state index in [4.69, 9.17) is 11.6 Å². The van der Waals surface area contributed by atoms with Crippen molar-refractivity contribution >= 4 is 27.5 Å². The molecule has 0 spiro atoms. The van der Waals surface area contributed by atoms with Gasteiger partial charge in [-0.05, 0) is 23.6 Å². The summed E-state index contributed by atoms with van der Waals surface area (Å²) in [7, 11) is 0. The molecule has 0 aliphatic heterocycles. The molecular formula is C10H12BrClO. The monoisotopic (exact) mass is 262 g/mol. The number of benzene rings is 1. The van der Waals surface area contributed by atoms with Gasteiger partial charge in [-0.3, -0.25) is 0 Å². The van der Waals surface area contributed by atoms with E-state index in [0.29, 0.717) is 5.02 Å². The molecule has 1 atom stereocenters. The van der Waals surface area contributed by atoms with Crippen LogP contribution >= 0.6 is 27.5 Å². The highest BCUT2D eigenvalue weighted by Crippen LogP contribution is 2.30. The predicted octanol–water partition coefficient (Wildman–Crippen LogP) is 3.79. The van der Waals surface area contributed by atoms with E-state index in [0.717, 1.165) is 10.0 Å². The van der Waals surface area contributed by atoms with E-state index in [2.05, 4.69) is 15.9 Å².